The van der Waals surface area contributed by atoms with Crippen LogP contribution >= 0.6 is 0 Å². The van der Waals surface area contributed by atoms with Crippen molar-refractivity contribution in [2.24, 2.45) is 5.73 Å². The van der Waals surface area contributed by atoms with Crippen LogP contribution in [0.5, 0.6) is 0 Å². The molecule has 114 valence electrons. The van der Waals surface area contributed by atoms with Crippen LogP contribution in [0.3, 0.4) is 0 Å². The predicted molar refractivity (Wildman–Crippen MR) is 83.6 cm³/mol. The van der Waals surface area contributed by atoms with E-state index in [0.717, 1.165) is 12.5 Å². The molecule has 0 aliphatic rings. The number of hydrogen-bond donors (Lipinski definition) is 1. The van der Waals surface area contributed by atoms with Crippen molar-refractivity contribution in [1.82, 2.24) is 0 Å². The summed E-state index contributed by atoms with van der Waals surface area (Å²) in [6, 6.07) is 11.1. The second-order valence-corrected chi connectivity index (χ2v) is 7.38. The predicted octanol–water partition coefficient (Wildman–Crippen LogP) is 2.60. The summed E-state index contributed by atoms with van der Waals surface area (Å²) in [5, 5.41) is 0. The smallest absolute Gasteiger partial charge is 0.374 e. The first-order valence-corrected chi connectivity index (χ1v) is 9.28. The van der Waals surface area contributed by atoms with Crippen LogP contribution in [0.4, 0.5) is 0 Å². The fraction of sp³-hybridized carbons (Fsp3) is 0.600. The third-order valence-electron chi connectivity index (χ3n) is 3.00. The van der Waals surface area contributed by atoms with Crippen molar-refractivity contribution in [3.8, 4) is 0 Å². The lowest BCUT2D eigenvalue weighted by Crippen LogP contribution is -2.49. The molecule has 4 nitrogen and oxygen atoms in total. The molecule has 0 fully saturated rings. The molecule has 0 bridgehead atoms. The molecule has 0 aromatic heterocycles. The lowest BCUT2D eigenvalue weighted by Gasteiger charge is -2.31. The molecule has 1 rings (SSSR count). The molecule has 1 atom stereocenters. The van der Waals surface area contributed by atoms with E-state index in [0.29, 0.717) is 19.8 Å². The third kappa shape index (κ3) is 5.72. The number of nitrogens with two attached hydrogens (primary N) is 1. The van der Waals surface area contributed by atoms with E-state index in [-0.39, 0.29) is 6.10 Å². The second-order valence-electron chi connectivity index (χ2n) is 4.70. The largest absolute Gasteiger partial charge is 0.501 e. The maximum Gasteiger partial charge on any atom is 0.501 e. The van der Waals surface area contributed by atoms with Crippen LogP contribution in [-0.4, -0.2) is 34.7 Å². The SMILES string of the molecule is CCO[Si](CCc1ccccc1)(OCC)OC(C)CN. The number of aryl methyl sites for hydroxylation is 1. The van der Waals surface area contributed by atoms with Crippen molar-refractivity contribution >= 4 is 8.80 Å². The molecule has 1 aromatic carbocycles. The van der Waals surface area contributed by atoms with Gasteiger partial charge < -0.3 is 19.0 Å². The van der Waals surface area contributed by atoms with E-state index in [1.54, 1.807) is 0 Å². The Balaban J connectivity index is 2.73. The number of benzene rings is 1. The standard InChI is InChI=1S/C15H27NO3Si/c1-4-17-20(18-5-2,19-14(3)13-16)12-11-15-9-7-6-8-10-15/h6-10,14H,4-5,11-13,16H2,1-3H3. The summed E-state index contributed by atoms with van der Waals surface area (Å²) >= 11 is 0. The van der Waals surface area contributed by atoms with Crippen molar-refractivity contribution in [3.05, 3.63) is 35.9 Å². The summed E-state index contributed by atoms with van der Waals surface area (Å²) < 4.78 is 17.9. The highest BCUT2D eigenvalue weighted by Crippen LogP contribution is 2.20. The molecule has 0 saturated heterocycles. The van der Waals surface area contributed by atoms with Gasteiger partial charge in [-0.3, -0.25) is 0 Å². The summed E-state index contributed by atoms with van der Waals surface area (Å²) in [5.74, 6) is 0. The van der Waals surface area contributed by atoms with Gasteiger partial charge in [0.2, 0.25) is 0 Å². The summed E-state index contributed by atoms with van der Waals surface area (Å²) in [6.45, 7) is 7.57. The Bertz CT molecular complexity index is 355. The summed E-state index contributed by atoms with van der Waals surface area (Å²) in [5.41, 5.74) is 6.94. The van der Waals surface area contributed by atoms with Gasteiger partial charge in [0, 0.05) is 25.8 Å². The van der Waals surface area contributed by atoms with E-state index in [9.17, 15) is 0 Å². The van der Waals surface area contributed by atoms with Gasteiger partial charge in [-0.1, -0.05) is 30.3 Å². The molecule has 0 heterocycles. The fourth-order valence-corrected chi connectivity index (χ4v) is 4.86. The number of hydrogen-bond acceptors (Lipinski definition) is 4. The fourth-order valence-electron chi connectivity index (χ4n) is 2.05. The zero-order valence-corrected chi connectivity index (χ0v) is 13.8. The molecule has 0 aliphatic heterocycles. The maximum atomic E-state index is 6.06. The van der Waals surface area contributed by atoms with Crippen LogP contribution in [-0.2, 0) is 19.7 Å². The number of rotatable bonds is 10. The van der Waals surface area contributed by atoms with Crippen LogP contribution in [0, 0.1) is 0 Å². The Kier molecular flexibility index (Phi) is 8.02. The average Bonchev–Trinajstić information content (AvgIpc) is 2.47. The summed E-state index contributed by atoms with van der Waals surface area (Å²) in [7, 11) is -2.64. The minimum absolute atomic E-state index is 0.0458. The first kappa shape index (κ1) is 17.3. The molecule has 0 spiro atoms. The lowest BCUT2D eigenvalue weighted by molar-refractivity contribution is 0.0412. The molecular formula is C15H27NO3Si. The van der Waals surface area contributed by atoms with E-state index in [2.05, 4.69) is 12.1 Å². The Morgan fingerprint density at radius 3 is 2.20 bits per heavy atom. The van der Waals surface area contributed by atoms with Gasteiger partial charge in [-0.25, -0.2) is 0 Å². The molecule has 2 N–H and O–H groups in total. The molecule has 1 aromatic rings. The van der Waals surface area contributed by atoms with Gasteiger partial charge in [0.1, 0.15) is 0 Å². The normalized spacial score (nSPS) is 13.4. The van der Waals surface area contributed by atoms with Crippen LogP contribution < -0.4 is 5.73 Å². The van der Waals surface area contributed by atoms with Crippen molar-refractivity contribution in [2.75, 3.05) is 19.8 Å². The van der Waals surface area contributed by atoms with E-state index >= 15 is 0 Å². The quantitative estimate of drug-likeness (QED) is 0.675. The highest BCUT2D eigenvalue weighted by Gasteiger charge is 2.41. The molecule has 0 amide bonds. The minimum atomic E-state index is -2.64. The molecule has 0 saturated carbocycles. The van der Waals surface area contributed by atoms with Crippen molar-refractivity contribution in [2.45, 2.75) is 39.3 Å². The van der Waals surface area contributed by atoms with Gasteiger partial charge in [-0.15, -0.1) is 0 Å². The van der Waals surface area contributed by atoms with Gasteiger partial charge in [0.15, 0.2) is 0 Å². The maximum absolute atomic E-state index is 6.06. The van der Waals surface area contributed by atoms with Gasteiger partial charge in [0.05, 0.1) is 6.10 Å². The highest BCUT2D eigenvalue weighted by atomic mass is 28.4. The Hall–Kier alpha value is -0.723. The lowest BCUT2D eigenvalue weighted by atomic mass is 10.2. The van der Waals surface area contributed by atoms with E-state index in [1.165, 1.54) is 5.56 Å². The molecule has 5 heteroatoms. The third-order valence-corrected chi connectivity index (χ3v) is 6.08. The second kappa shape index (κ2) is 9.26. The van der Waals surface area contributed by atoms with Crippen molar-refractivity contribution in [3.63, 3.8) is 0 Å². The first-order valence-electron chi connectivity index (χ1n) is 7.35. The van der Waals surface area contributed by atoms with Gasteiger partial charge in [-0.2, -0.15) is 0 Å². The average molecular weight is 297 g/mol. The van der Waals surface area contributed by atoms with Gasteiger partial charge in [-0.05, 0) is 32.8 Å². The molecular weight excluding hydrogens is 270 g/mol. The molecule has 0 radical (unpaired) electrons. The zero-order valence-electron chi connectivity index (χ0n) is 12.8. The van der Waals surface area contributed by atoms with Crippen LogP contribution in [0.1, 0.15) is 26.3 Å². The summed E-state index contributed by atoms with van der Waals surface area (Å²) in [4.78, 5) is 0. The Morgan fingerprint density at radius 2 is 1.70 bits per heavy atom. The van der Waals surface area contributed by atoms with E-state index in [1.807, 2.05) is 39.0 Å². The zero-order chi connectivity index (χ0) is 14.8. The van der Waals surface area contributed by atoms with Crippen molar-refractivity contribution < 1.29 is 13.3 Å². The molecule has 0 aliphatic carbocycles. The van der Waals surface area contributed by atoms with Gasteiger partial charge in [0.25, 0.3) is 0 Å². The van der Waals surface area contributed by atoms with Crippen LogP contribution in [0.2, 0.25) is 6.04 Å². The topological polar surface area (TPSA) is 53.7 Å². The Labute approximate surface area is 123 Å². The van der Waals surface area contributed by atoms with Crippen LogP contribution in [0.15, 0.2) is 30.3 Å². The monoisotopic (exact) mass is 297 g/mol. The van der Waals surface area contributed by atoms with E-state index in [4.69, 9.17) is 19.0 Å². The highest BCUT2D eigenvalue weighted by molar-refractivity contribution is 6.60. The first-order chi connectivity index (χ1) is 9.65. The molecule has 1 unspecified atom stereocenters. The minimum Gasteiger partial charge on any atom is -0.374 e. The molecule has 20 heavy (non-hydrogen) atoms. The van der Waals surface area contributed by atoms with Gasteiger partial charge >= 0.3 is 8.80 Å². The Morgan fingerprint density at radius 1 is 1.10 bits per heavy atom. The van der Waals surface area contributed by atoms with Crippen LogP contribution in [0.25, 0.3) is 0 Å². The van der Waals surface area contributed by atoms with Crippen molar-refractivity contribution in [1.29, 1.82) is 0 Å². The summed E-state index contributed by atoms with van der Waals surface area (Å²) in [6.07, 6.45) is 0.847. The van der Waals surface area contributed by atoms with E-state index < -0.39 is 8.80 Å².